The quantitative estimate of drug-likeness (QED) is 0.873. The monoisotopic (exact) mass is 257 g/mol. The van der Waals surface area contributed by atoms with Crippen LogP contribution in [-0.2, 0) is 0 Å². The maximum absolute atomic E-state index is 11.5. The average Bonchev–Trinajstić information content (AvgIpc) is 2.12. The first kappa shape index (κ1) is 11.0. The molecule has 1 amide bonds. The molecule has 0 saturated carbocycles. The van der Waals surface area contributed by atoms with Crippen molar-refractivity contribution in [3.63, 3.8) is 0 Å². The van der Waals surface area contributed by atoms with E-state index >= 15 is 0 Å². The summed E-state index contributed by atoms with van der Waals surface area (Å²) in [6.07, 6.45) is 0.895. The van der Waals surface area contributed by atoms with Crippen molar-refractivity contribution >= 4 is 21.8 Å². The number of phenolic OH excluding ortho intramolecular Hbond substituents is 1. The smallest absolute Gasteiger partial charge is 0.251 e. The molecule has 1 aromatic rings. The Hall–Kier alpha value is -1.03. The largest absolute Gasteiger partial charge is 0.508 e. The predicted molar refractivity (Wildman–Crippen MR) is 58.4 cm³/mol. The lowest BCUT2D eigenvalue weighted by atomic mass is 10.2. The molecule has 0 heterocycles. The highest BCUT2D eigenvalue weighted by atomic mass is 79.9. The van der Waals surface area contributed by atoms with Gasteiger partial charge in [0.1, 0.15) is 5.75 Å². The van der Waals surface area contributed by atoms with Crippen LogP contribution >= 0.6 is 15.9 Å². The van der Waals surface area contributed by atoms with Gasteiger partial charge in [-0.2, -0.15) is 0 Å². The Balaban J connectivity index is 2.79. The van der Waals surface area contributed by atoms with Crippen LogP contribution in [0.4, 0.5) is 0 Å². The summed E-state index contributed by atoms with van der Waals surface area (Å²) < 4.78 is 0.694. The second-order valence-electron chi connectivity index (χ2n) is 2.95. The summed E-state index contributed by atoms with van der Waals surface area (Å²) in [5.41, 5.74) is 0.463. The number of amides is 1. The lowest BCUT2D eigenvalue weighted by Gasteiger charge is -2.04. The van der Waals surface area contributed by atoms with Gasteiger partial charge in [-0.1, -0.05) is 22.9 Å². The maximum atomic E-state index is 11.5. The SMILES string of the molecule is CCCNC(=O)c1cc(O)cc(Br)c1. The van der Waals surface area contributed by atoms with Crippen molar-refractivity contribution in [3.05, 3.63) is 28.2 Å². The molecule has 0 atom stereocenters. The molecule has 14 heavy (non-hydrogen) atoms. The van der Waals surface area contributed by atoms with Gasteiger partial charge in [-0.05, 0) is 24.6 Å². The highest BCUT2D eigenvalue weighted by molar-refractivity contribution is 9.10. The van der Waals surface area contributed by atoms with E-state index in [1.165, 1.54) is 12.1 Å². The molecule has 0 bridgehead atoms. The third kappa shape index (κ3) is 3.03. The van der Waals surface area contributed by atoms with E-state index in [0.717, 1.165) is 6.42 Å². The number of nitrogens with one attached hydrogen (secondary N) is 1. The number of rotatable bonds is 3. The number of halogens is 1. The highest BCUT2D eigenvalue weighted by Crippen LogP contribution is 2.19. The molecule has 4 heteroatoms. The fraction of sp³-hybridized carbons (Fsp3) is 0.300. The van der Waals surface area contributed by atoms with E-state index in [0.29, 0.717) is 16.6 Å². The van der Waals surface area contributed by atoms with Gasteiger partial charge < -0.3 is 10.4 Å². The van der Waals surface area contributed by atoms with E-state index in [1.54, 1.807) is 6.07 Å². The maximum Gasteiger partial charge on any atom is 0.251 e. The van der Waals surface area contributed by atoms with Gasteiger partial charge in [0.05, 0.1) is 0 Å². The van der Waals surface area contributed by atoms with E-state index in [-0.39, 0.29) is 11.7 Å². The molecular weight excluding hydrogens is 246 g/mol. The van der Waals surface area contributed by atoms with Gasteiger partial charge in [0.15, 0.2) is 0 Å². The van der Waals surface area contributed by atoms with Crippen LogP contribution < -0.4 is 5.32 Å². The third-order valence-electron chi connectivity index (χ3n) is 1.68. The number of phenols is 1. The summed E-state index contributed by atoms with van der Waals surface area (Å²) in [4.78, 5) is 11.5. The van der Waals surface area contributed by atoms with Crippen LogP contribution in [-0.4, -0.2) is 17.6 Å². The number of hydrogen-bond donors (Lipinski definition) is 2. The molecule has 0 unspecified atom stereocenters. The molecule has 0 radical (unpaired) electrons. The fourth-order valence-electron chi connectivity index (χ4n) is 1.05. The summed E-state index contributed by atoms with van der Waals surface area (Å²) in [7, 11) is 0. The summed E-state index contributed by atoms with van der Waals surface area (Å²) in [5, 5.41) is 12.0. The van der Waals surface area contributed by atoms with Crippen molar-refractivity contribution in [1.82, 2.24) is 5.32 Å². The van der Waals surface area contributed by atoms with E-state index in [1.807, 2.05) is 6.92 Å². The Morgan fingerprint density at radius 2 is 2.21 bits per heavy atom. The number of carbonyl (C=O) groups is 1. The zero-order chi connectivity index (χ0) is 10.6. The molecule has 0 spiro atoms. The molecule has 0 aromatic heterocycles. The summed E-state index contributed by atoms with van der Waals surface area (Å²) in [6.45, 7) is 2.63. The lowest BCUT2D eigenvalue weighted by Crippen LogP contribution is -2.23. The Morgan fingerprint density at radius 3 is 2.79 bits per heavy atom. The molecule has 0 fully saturated rings. The van der Waals surface area contributed by atoms with Crippen LogP contribution in [0.3, 0.4) is 0 Å². The molecule has 1 aromatic carbocycles. The third-order valence-corrected chi connectivity index (χ3v) is 2.14. The van der Waals surface area contributed by atoms with Gasteiger partial charge in [-0.15, -0.1) is 0 Å². The normalized spacial score (nSPS) is 9.86. The van der Waals surface area contributed by atoms with Crippen LogP contribution in [0.15, 0.2) is 22.7 Å². The van der Waals surface area contributed by atoms with Gasteiger partial charge in [0, 0.05) is 16.6 Å². The lowest BCUT2D eigenvalue weighted by molar-refractivity contribution is 0.0953. The van der Waals surface area contributed by atoms with Gasteiger partial charge in [0.25, 0.3) is 5.91 Å². The van der Waals surface area contributed by atoms with Crippen molar-refractivity contribution in [2.24, 2.45) is 0 Å². The fourth-order valence-corrected chi connectivity index (χ4v) is 1.53. The minimum atomic E-state index is -0.163. The van der Waals surface area contributed by atoms with E-state index in [4.69, 9.17) is 0 Å². The summed E-state index contributed by atoms with van der Waals surface area (Å²) in [5.74, 6) is -0.0792. The van der Waals surface area contributed by atoms with Crippen molar-refractivity contribution in [2.75, 3.05) is 6.54 Å². The van der Waals surface area contributed by atoms with Gasteiger partial charge in [-0.25, -0.2) is 0 Å². The van der Waals surface area contributed by atoms with Crippen molar-refractivity contribution < 1.29 is 9.90 Å². The predicted octanol–water partition coefficient (Wildman–Crippen LogP) is 2.29. The Bertz CT molecular complexity index is 319. The Morgan fingerprint density at radius 1 is 1.50 bits per heavy atom. The van der Waals surface area contributed by atoms with Gasteiger partial charge in [0.2, 0.25) is 0 Å². The second kappa shape index (κ2) is 5.00. The second-order valence-corrected chi connectivity index (χ2v) is 3.87. The van der Waals surface area contributed by atoms with Crippen LogP contribution in [0.2, 0.25) is 0 Å². The Labute approximate surface area is 91.3 Å². The standard InChI is InChI=1S/C10H12BrNO2/c1-2-3-12-10(14)7-4-8(11)6-9(13)5-7/h4-6,13H,2-3H2,1H3,(H,12,14). The molecule has 2 N–H and O–H groups in total. The van der Waals surface area contributed by atoms with Crippen molar-refractivity contribution in [1.29, 1.82) is 0 Å². The van der Waals surface area contributed by atoms with Gasteiger partial charge in [-0.3, -0.25) is 4.79 Å². The summed E-state index contributed by atoms with van der Waals surface area (Å²) >= 11 is 3.21. The zero-order valence-corrected chi connectivity index (χ0v) is 9.47. The van der Waals surface area contributed by atoms with Crippen LogP contribution in [0.5, 0.6) is 5.75 Å². The number of benzene rings is 1. The molecule has 1 rings (SSSR count). The van der Waals surface area contributed by atoms with Crippen molar-refractivity contribution in [2.45, 2.75) is 13.3 Å². The Kier molecular flexibility index (Phi) is 3.95. The minimum absolute atomic E-state index is 0.0843. The average molecular weight is 258 g/mol. The van der Waals surface area contributed by atoms with E-state index < -0.39 is 0 Å². The molecular formula is C10H12BrNO2. The molecule has 3 nitrogen and oxygen atoms in total. The molecule has 0 aliphatic rings. The van der Waals surface area contributed by atoms with E-state index in [2.05, 4.69) is 21.2 Å². The minimum Gasteiger partial charge on any atom is -0.508 e. The molecule has 0 aliphatic heterocycles. The molecule has 76 valence electrons. The first-order valence-corrected chi connectivity index (χ1v) is 5.20. The zero-order valence-electron chi connectivity index (χ0n) is 7.88. The van der Waals surface area contributed by atoms with Crippen molar-refractivity contribution in [3.8, 4) is 5.75 Å². The van der Waals surface area contributed by atoms with Crippen LogP contribution in [0.1, 0.15) is 23.7 Å². The van der Waals surface area contributed by atoms with Crippen LogP contribution in [0, 0.1) is 0 Å². The number of carbonyl (C=O) groups excluding carboxylic acids is 1. The van der Waals surface area contributed by atoms with Gasteiger partial charge >= 0.3 is 0 Å². The first-order chi connectivity index (χ1) is 6.63. The van der Waals surface area contributed by atoms with Crippen LogP contribution in [0.25, 0.3) is 0 Å². The first-order valence-electron chi connectivity index (χ1n) is 4.41. The highest BCUT2D eigenvalue weighted by Gasteiger charge is 2.06. The van der Waals surface area contributed by atoms with E-state index in [9.17, 15) is 9.90 Å². The number of aromatic hydroxyl groups is 1. The molecule has 0 aliphatic carbocycles. The summed E-state index contributed by atoms with van der Waals surface area (Å²) in [6, 6.07) is 4.65. The number of hydrogen-bond acceptors (Lipinski definition) is 2. The topological polar surface area (TPSA) is 49.3 Å². The molecule has 0 saturated heterocycles.